The number of aromatic nitrogens is 2. The minimum Gasteiger partial charge on any atom is -0.394 e. The van der Waals surface area contributed by atoms with Gasteiger partial charge in [0.15, 0.2) is 0 Å². The summed E-state index contributed by atoms with van der Waals surface area (Å²) in [6, 6.07) is 0.339. The lowest BCUT2D eigenvalue weighted by Gasteiger charge is -2.31. The summed E-state index contributed by atoms with van der Waals surface area (Å²) < 4.78 is 1.91. The Bertz CT molecular complexity index is 403. The second-order valence-electron chi connectivity index (χ2n) is 5.48. The average Bonchev–Trinajstić information content (AvgIpc) is 2.53. The zero-order valence-corrected chi connectivity index (χ0v) is 12.7. The van der Waals surface area contributed by atoms with Crippen LogP contribution in [0, 0.1) is 13.8 Å². The van der Waals surface area contributed by atoms with E-state index in [1.165, 1.54) is 0 Å². The van der Waals surface area contributed by atoms with Gasteiger partial charge < -0.3 is 10.4 Å². The van der Waals surface area contributed by atoms with Crippen LogP contribution in [0.5, 0.6) is 0 Å². The van der Waals surface area contributed by atoms with Crippen molar-refractivity contribution in [2.24, 2.45) is 0 Å². The smallest absolute Gasteiger partial charge is 0.0844 e. The third kappa shape index (κ3) is 3.70. The number of aliphatic hydroxyl groups is 1. The van der Waals surface area contributed by atoms with E-state index in [0.717, 1.165) is 29.4 Å². The highest BCUT2D eigenvalue weighted by atomic mass is 35.5. The summed E-state index contributed by atoms with van der Waals surface area (Å²) in [5, 5.41) is 18.1. The molecule has 18 heavy (non-hydrogen) atoms. The van der Waals surface area contributed by atoms with Crippen molar-refractivity contribution in [1.82, 2.24) is 15.1 Å². The van der Waals surface area contributed by atoms with E-state index in [-0.39, 0.29) is 12.1 Å². The van der Waals surface area contributed by atoms with Crippen LogP contribution in [0.25, 0.3) is 0 Å². The number of aliphatic hydroxyl groups excluding tert-OH is 1. The van der Waals surface area contributed by atoms with Crippen LogP contribution in [-0.4, -0.2) is 33.1 Å². The topological polar surface area (TPSA) is 50.1 Å². The molecule has 1 atom stereocenters. The maximum atomic E-state index is 9.52. The number of nitrogens with one attached hydrogen (secondary N) is 1. The van der Waals surface area contributed by atoms with Crippen LogP contribution in [-0.2, 0) is 6.54 Å². The Balaban J connectivity index is 2.70. The molecule has 4 nitrogen and oxygen atoms in total. The van der Waals surface area contributed by atoms with E-state index in [4.69, 9.17) is 11.6 Å². The molecular weight excluding hydrogens is 250 g/mol. The van der Waals surface area contributed by atoms with Crippen LogP contribution >= 0.6 is 11.6 Å². The molecule has 0 aliphatic carbocycles. The van der Waals surface area contributed by atoms with Crippen molar-refractivity contribution < 1.29 is 5.11 Å². The first-order valence-corrected chi connectivity index (χ1v) is 6.75. The average molecular weight is 274 g/mol. The summed E-state index contributed by atoms with van der Waals surface area (Å²) >= 11 is 6.12. The Kier molecular flexibility index (Phi) is 5.20. The molecule has 0 fully saturated rings. The van der Waals surface area contributed by atoms with Crippen LogP contribution in [0.4, 0.5) is 0 Å². The summed E-state index contributed by atoms with van der Waals surface area (Å²) in [5.41, 5.74) is 1.56. The number of hydrogen-bond donors (Lipinski definition) is 2. The van der Waals surface area contributed by atoms with Crippen molar-refractivity contribution in [3.63, 3.8) is 0 Å². The lowest BCUT2D eigenvalue weighted by atomic mass is 9.98. The van der Waals surface area contributed by atoms with Crippen molar-refractivity contribution in [2.75, 3.05) is 6.61 Å². The summed E-state index contributed by atoms with van der Waals surface area (Å²) in [6.07, 6.45) is 0.806. The number of aryl methyl sites for hydroxylation is 2. The van der Waals surface area contributed by atoms with Gasteiger partial charge in [-0.2, -0.15) is 5.10 Å². The van der Waals surface area contributed by atoms with Crippen molar-refractivity contribution in [3.05, 3.63) is 16.4 Å². The molecule has 5 heteroatoms. The van der Waals surface area contributed by atoms with Crippen LogP contribution in [0.2, 0.25) is 5.02 Å². The van der Waals surface area contributed by atoms with Crippen LogP contribution in [0.1, 0.15) is 38.6 Å². The molecule has 0 aliphatic heterocycles. The first kappa shape index (κ1) is 15.5. The van der Waals surface area contributed by atoms with E-state index in [9.17, 15) is 5.11 Å². The Morgan fingerprint density at radius 2 is 2.06 bits per heavy atom. The predicted octanol–water partition coefficient (Wildman–Crippen LogP) is 2.29. The third-order valence-electron chi connectivity index (χ3n) is 3.15. The van der Waals surface area contributed by atoms with Crippen LogP contribution in [0.15, 0.2) is 0 Å². The fraction of sp³-hybridized carbons (Fsp3) is 0.769. The Morgan fingerprint density at radius 3 is 2.44 bits per heavy atom. The highest BCUT2D eigenvalue weighted by Crippen LogP contribution is 2.20. The molecule has 0 amide bonds. The second-order valence-corrected chi connectivity index (χ2v) is 5.85. The molecule has 0 spiro atoms. The number of hydrogen-bond acceptors (Lipinski definition) is 3. The number of rotatable bonds is 6. The lowest BCUT2D eigenvalue weighted by Crippen LogP contribution is -2.49. The Hall–Kier alpha value is -0.580. The van der Waals surface area contributed by atoms with Gasteiger partial charge in [0.05, 0.1) is 23.0 Å². The van der Waals surface area contributed by atoms with Gasteiger partial charge in [0.2, 0.25) is 0 Å². The lowest BCUT2D eigenvalue weighted by molar-refractivity contribution is 0.150. The molecule has 0 saturated carbocycles. The van der Waals surface area contributed by atoms with Gasteiger partial charge in [-0.05, 0) is 27.2 Å². The van der Waals surface area contributed by atoms with Gasteiger partial charge in [-0.15, -0.1) is 0 Å². The molecular formula is C13H24ClN3O. The molecule has 0 radical (unpaired) electrons. The fourth-order valence-electron chi connectivity index (χ4n) is 2.14. The third-order valence-corrected chi connectivity index (χ3v) is 3.70. The van der Waals surface area contributed by atoms with E-state index in [1.54, 1.807) is 0 Å². The quantitative estimate of drug-likeness (QED) is 0.836. The van der Waals surface area contributed by atoms with Crippen molar-refractivity contribution in [1.29, 1.82) is 0 Å². The minimum absolute atomic E-state index is 0.109. The van der Waals surface area contributed by atoms with Crippen LogP contribution in [0.3, 0.4) is 0 Å². The highest BCUT2D eigenvalue weighted by molar-refractivity contribution is 6.31. The normalized spacial score (nSPS) is 15.1. The molecule has 104 valence electrons. The van der Waals surface area contributed by atoms with E-state index in [0.29, 0.717) is 6.04 Å². The van der Waals surface area contributed by atoms with Crippen molar-refractivity contribution in [2.45, 2.75) is 59.2 Å². The fourth-order valence-corrected chi connectivity index (χ4v) is 2.27. The maximum Gasteiger partial charge on any atom is 0.0844 e. The molecule has 0 aliphatic rings. The molecule has 0 aromatic carbocycles. The van der Waals surface area contributed by atoms with Crippen molar-refractivity contribution in [3.8, 4) is 0 Å². The molecule has 1 aromatic rings. The van der Waals surface area contributed by atoms with E-state index in [1.807, 2.05) is 25.5 Å². The van der Waals surface area contributed by atoms with Crippen LogP contribution < -0.4 is 5.32 Å². The zero-order chi connectivity index (χ0) is 13.9. The molecule has 1 heterocycles. The standard InChI is InChI=1S/C13H24ClN3O/c1-9(2)15-13(5,8-18)6-7-17-11(4)12(14)10(3)16-17/h9,15,18H,6-8H2,1-5H3. The molecule has 1 rings (SSSR count). The summed E-state index contributed by atoms with van der Waals surface area (Å²) in [7, 11) is 0. The second kappa shape index (κ2) is 6.04. The molecule has 2 N–H and O–H groups in total. The van der Waals surface area contributed by atoms with Gasteiger partial charge in [0.1, 0.15) is 0 Å². The molecule has 1 unspecified atom stereocenters. The molecule has 1 aromatic heterocycles. The molecule has 0 bridgehead atoms. The summed E-state index contributed by atoms with van der Waals surface area (Å²) in [5.74, 6) is 0. The van der Waals surface area contributed by atoms with Crippen molar-refractivity contribution >= 4 is 11.6 Å². The number of nitrogens with zero attached hydrogens (tertiary/aromatic N) is 2. The summed E-state index contributed by atoms with van der Waals surface area (Å²) in [6.45, 7) is 10.9. The van der Waals surface area contributed by atoms with Gasteiger partial charge in [-0.25, -0.2) is 0 Å². The van der Waals surface area contributed by atoms with E-state index < -0.39 is 0 Å². The van der Waals surface area contributed by atoms with Gasteiger partial charge >= 0.3 is 0 Å². The largest absolute Gasteiger partial charge is 0.394 e. The van der Waals surface area contributed by atoms with E-state index >= 15 is 0 Å². The Labute approximate surface area is 114 Å². The first-order valence-electron chi connectivity index (χ1n) is 6.37. The Morgan fingerprint density at radius 1 is 1.44 bits per heavy atom. The zero-order valence-electron chi connectivity index (χ0n) is 11.9. The maximum absolute atomic E-state index is 9.52. The SMILES string of the molecule is Cc1nn(CCC(C)(CO)NC(C)C)c(C)c1Cl. The monoisotopic (exact) mass is 273 g/mol. The van der Waals surface area contributed by atoms with E-state index in [2.05, 4.69) is 24.3 Å². The van der Waals surface area contributed by atoms with Gasteiger partial charge in [-0.1, -0.05) is 25.4 Å². The number of halogens is 1. The van der Waals surface area contributed by atoms with Gasteiger partial charge in [0, 0.05) is 18.1 Å². The predicted molar refractivity (Wildman–Crippen MR) is 75.1 cm³/mol. The minimum atomic E-state index is -0.285. The summed E-state index contributed by atoms with van der Waals surface area (Å²) in [4.78, 5) is 0. The highest BCUT2D eigenvalue weighted by Gasteiger charge is 2.24. The molecule has 0 saturated heterocycles. The van der Waals surface area contributed by atoms with Gasteiger partial charge in [-0.3, -0.25) is 4.68 Å². The first-order chi connectivity index (χ1) is 8.29. The van der Waals surface area contributed by atoms with Gasteiger partial charge in [0.25, 0.3) is 0 Å².